The molecule has 0 radical (unpaired) electrons. The van der Waals surface area contributed by atoms with Gasteiger partial charge < -0.3 is 4.74 Å². The Hall–Kier alpha value is -3.35. The van der Waals surface area contributed by atoms with E-state index < -0.39 is 18.6 Å². The zero-order valence-electron chi connectivity index (χ0n) is 15.3. The number of benzene rings is 2. The average Bonchev–Trinajstić information content (AvgIpc) is 3.07. The van der Waals surface area contributed by atoms with Gasteiger partial charge in [-0.2, -0.15) is 8.78 Å². The van der Waals surface area contributed by atoms with Crippen molar-refractivity contribution < 1.29 is 18.3 Å². The summed E-state index contributed by atoms with van der Waals surface area (Å²) in [5, 5.41) is 0.646. The quantitative estimate of drug-likeness (QED) is 0.456. The predicted molar refractivity (Wildman–Crippen MR) is 101 cm³/mol. The van der Waals surface area contributed by atoms with E-state index in [9.17, 15) is 13.6 Å². The predicted octanol–water partition coefficient (Wildman–Crippen LogP) is 5.21. The highest BCUT2D eigenvalue weighted by Gasteiger charge is 2.25. The van der Waals surface area contributed by atoms with E-state index in [2.05, 4.69) is 9.97 Å². The fourth-order valence-electron chi connectivity index (χ4n) is 3.31. The van der Waals surface area contributed by atoms with Crippen molar-refractivity contribution in [1.82, 2.24) is 14.5 Å². The van der Waals surface area contributed by atoms with Crippen LogP contribution < -0.4 is 0 Å². The molecule has 1 atom stereocenters. The molecule has 0 bridgehead atoms. The zero-order chi connectivity index (χ0) is 19.8. The third-order valence-corrected chi connectivity index (χ3v) is 4.53. The molecule has 4 rings (SSSR count). The molecule has 0 spiro atoms. The summed E-state index contributed by atoms with van der Waals surface area (Å²) in [5.41, 5.74) is 2.39. The van der Waals surface area contributed by atoms with Crippen LogP contribution in [0.1, 0.15) is 41.5 Å². The van der Waals surface area contributed by atoms with Gasteiger partial charge in [-0.25, -0.2) is 9.78 Å². The third kappa shape index (κ3) is 3.09. The first-order chi connectivity index (χ1) is 13.5. The molecule has 142 valence electrons. The normalized spacial score (nSPS) is 12.6. The zero-order valence-corrected chi connectivity index (χ0v) is 15.3. The minimum absolute atomic E-state index is 0.000339. The van der Waals surface area contributed by atoms with Crippen molar-refractivity contribution in [2.24, 2.45) is 0 Å². The van der Waals surface area contributed by atoms with E-state index in [4.69, 9.17) is 4.74 Å². The number of carbonyl (C=O) groups is 1. The van der Waals surface area contributed by atoms with Gasteiger partial charge >= 0.3 is 12.5 Å². The second-order valence-corrected chi connectivity index (χ2v) is 6.48. The number of aryl methyl sites for hydroxylation is 1. The number of hydrogen-bond acceptors (Lipinski definition) is 4. The maximum Gasteiger partial charge on any atom is 0.339 e. The number of alkyl halides is 2. The van der Waals surface area contributed by atoms with E-state index in [0.29, 0.717) is 33.2 Å². The van der Waals surface area contributed by atoms with Gasteiger partial charge in [0.15, 0.2) is 11.9 Å². The van der Waals surface area contributed by atoms with Gasteiger partial charge in [-0.15, -0.1) is 0 Å². The molecule has 0 N–H and O–H groups in total. The number of carbonyl (C=O) groups excluding carboxylic acids is 1. The number of halogens is 2. The molecule has 0 aliphatic heterocycles. The SMILES string of the molecule is Cc1cc(C(=O)OC(C)c2nc3ccccc3n2C(F)F)c2ccccc2n1. The minimum Gasteiger partial charge on any atom is -0.451 e. The van der Waals surface area contributed by atoms with Crippen molar-refractivity contribution in [3.63, 3.8) is 0 Å². The van der Waals surface area contributed by atoms with Crippen LogP contribution in [0.2, 0.25) is 0 Å². The van der Waals surface area contributed by atoms with Gasteiger partial charge in [0, 0.05) is 11.1 Å². The molecule has 0 aliphatic rings. The molecule has 0 amide bonds. The van der Waals surface area contributed by atoms with Crippen LogP contribution in [-0.4, -0.2) is 20.5 Å². The van der Waals surface area contributed by atoms with Crippen LogP contribution in [0.3, 0.4) is 0 Å². The number of imidazole rings is 1. The van der Waals surface area contributed by atoms with Crippen LogP contribution >= 0.6 is 0 Å². The number of fused-ring (bicyclic) bond motifs is 2. The number of esters is 1. The van der Waals surface area contributed by atoms with Crippen LogP contribution in [-0.2, 0) is 4.74 Å². The maximum atomic E-state index is 13.6. The Bertz CT molecular complexity index is 1190. The summed E-state index contributed by atoms with van der Waals surface area (Å²) in [6.07, 6.45) is -0.957. The van der Waals surface area contributed by atoms with Gasteiger partial charge in [0.05, 0.1) is 22.1 Å². The molecule has 0 saturated carbocycles. The minimum atomic E-state index is -2.80. The molecule has 2 aromatic carbocycles. The number of para-hydroxylation sites is 3. The Balaban J connectivity index is 1.72. The summed E-state index contributed by atoms with van der Waals surface area (Å²) in [7, 11) is 0. The Morgan fingerprint density at radius 1 is 1.04 bits per heavy atom. The fraction of sp³-hybridized carbons (Fsp3) is 0.190. The summed E-state index contributed by atoms with van der Waals surface area (Å²) in [6, 6.07) is 15.4. The molecule has 0 saturated heterocycles. The summed E-state index contributed by atoms with van der Waals surface area (Å²) in [4.78, 5) is 21.5. The Morgan fingerprint density at radius 2 is 1.71 bits per heavy atom. The molecule has 0 fully saturated rings. The molecule has 2 aromatic heterocycles. The summed E-state index contributed by atoms with van der Waals surface area (Å²) in [6.45, 7) is 0.518. The van der Waals surface area contributed by atoms with Gasteiger partial charge in [0.25, 0.3) is 0 Å². The monoisotopic (exact) mass is 381 g/mol. The molecule has 2 heterocycles. The van der Waals surface area contributed by atoms with Crippen molar-refractivity contribution in [1.29, 1.82) is 0 Å². The van der Waals surface area contributed by atoms with Crippen LogP contribution in [0, 0.1) is 6.92 Å². The number of ether oxygens (including phenoxy) is 1. The van der Waals surface area contributed by atoms with Gasteiger partial charge in [-0.1, -0.05) is 30.3 Å². The Morgan fingerprint density at radius 3 is 2.46 bits per heavy atom. The fourth-order valence-corrected chi connectivity index (χ4v) is 3.31. The highest BCUT2D eigenvalue weighted by Crippen LogP contribution is 2.29. The molecule has 0 aliphatic carbocycles. The first-order valence-electron chi connectivity index (χ1n) is 8.78. The van der Waals surface area contributed by atoms with E-state index >= 15 is 0 Å². The second-order valence-electron chi connectivity index (χ2n) is 6.48. The first kappa shape index (κ1) is 18.0. The van der Waals surface area contributed by atoms with E-state index in [1.165, 1.54) is 6.92 Å². The maximum absolute atomic E-state index is 13.6. The van der Waals surface area contributed by atoms with Crippen molar-refractivity contribution in [2.45, 2.75) is 26.5 Å². The highest BCUT2D eigenvalue weighted by atomic mass is 19.3. The standard InChI is InChI=1S/C21H17F2N3O2/c1-12-11-15(14-7-3-4-8-16(14)24-12)20(27)28-13(2)19-25-17-9-5-6-10-18(17)26(19)21(22)23/h3-11,13,21H,1-2H3. The molecule has 7 heteroatoms. The average molecular weight is 381 g/mol. The van der Waals surface area contributed by atoms with Crippen LogP contribution in [0.5, 0.6) is 0 Å². The largest absolute Gasteiger partial charge is 0.451 e. The molecule has 5 nitrogen and oxygen atoms in total. The second kappa shape index (κ2) is 6.99. The van der Waals surface area contributed by atoms with E-state index in [1.807, 2.05) is 6.07 Å². The number of nitrogens with zero attached hydrogens (tertiary/aromatic N) is 3. The molecule has 28 heavy (non-hydrogen) atoms. The van der Waals surface area contributed by atoms with Crippen LogP contribution in [0.15, 0.2) is 54.6 Å². The van der Waals surface area contributed by atoms with Gasteiger partial charge in [0.2, 0.25) is 0 Å². The lowest BCUT2D eigenvalue weighted by molar-refractivity contribution is 0.0235. The number of rotatable bonds is 4. The smallest absolute Gasteiger partial charge is 0.339 e. The van der Waals surface area contributed by atoms with Gasteiger partial charge in [-0.05, 0) is 38.1 Å². The number of hydrogen-bond donors (Lipinski definition) is 0. The molecule has 1 unspecified atom stereocenters. The summed E-state index contributed by atoms with van der Waals surface area (Å²) in [5.74, 6) is -0.610. The van der Waals surface area contributed by atoms with Crippen LogP contribution in [0.25, 0.3) is 21.9 Å². The molecule has 4 aromatic rings. The number of aromatic nitrogens is 3. The number of pyridine rings is 1. The lowest BCUT2D eigenvalue weighted by Gasteiger charge is -2.16. The van der Waals surface area contributed by atoms with E-state index in [-0.39, 0.29) is 5.82 Å². The van der Waals surface area contributed by atoms with Crippen molar-refractivity contribution in [3.8, 4) is 0 Å². The topological polar surface area (TPSA) is 57.0 Å². The lowest BCUT2D eigenvalue weighted by Crippen LogP contribution is -2.15. The van der Waals surface area contributed by atoms with Crippen LogP contribution in [0.4, 0.5) is 8.78 Å². The highest BCUT2D eigenvalue weighted by molar-refractivity contribution is 6.03. The molecular weight excluding hydrogens is 364 g/mol. The first-order valence-corrected chi connectivity index (χ1v) is 8.78. The summed E-state index contributed by atoms with van der Waals surface area (Å²) >= 11 is 0. The van der Waals surface area contributed by atoms with Gasteiger partial charge in [0.1, 0.15) is 0 Å². The lowest BCUT2D eigenvalue weighted by atomic mass is 10.1. The Kier molecular flexibility index (Phi) is 4.50. The Labute approximate surface area is 159 Å². The summed E-state index contributed by atoms with van der Waals surface area (Å²) < 4.78 is 33.6. The third-order valence-electron chi connectivity index (χ3n) is 4.53. The van der Waals surface area contributed by atoms with Crippen molar-refractivity contribution in [3.05, 3.63) is 71.7 Å². The van der Waals surface area contributed by atoms with Gasteiger partial charge in [-0.3, -0.25) is 9.55 Å². The molecular formula is C21H17F2N3O2. The van der Waals surface area contributed by atoms with E-state index in [1.54, 1.807) is 55.5 Å². The van der Waals surface area contributed by atoms with Crippen molar-refractivity contribution >= 4 is 27.9 Å². The van der Waals surface area contributed by atoms with Crippen molar-refractivity contribution in [2.75, 3.05) is 0 Å². The van der Waals surface area contributed by atoms with E-state index in [0.717, 1.165) is 4.57 Å².